The second kappa shape index (κ2) is 9.27. The van der Waals surface area contributed by atoms with Crippen LogP contribution in [0.5, 0.6) is 0 Å². The topological polar surface area (TPSA) is 69.7 Å². The molecule has 0 atom stereocenters. The van der Waals surface area contributed by atoms with Crippen LogP contribution < -0.4 is 5.32 Å². The molecule has 2 aromatic carbocycles. The maximum absolute atomic E-state index is 13.2. The van der Waals surface area contributed by atoms with Crippen LogP contribution >= 0.6 is 0 Å². The van der Waals surface area contributed by atoms with Crippen LogP contribution in [-0.2, 0) is 16.6 Å². The van der Waals surface area contributed by atoms with Crippen molar-refractivity contribution in [2.24, 2.45) is 0 Å². The summed E-state index contributed by atoms with van der Waals surface area (Å²) in [6.07, 6.45) is 0. The molecule has 1 amide bonds. The summed E-state index contributed by atoms with van der Waals surface area (Å²) in [6, 6.07) is 14.6. The number of nitrogens with zero attached hydrogens (tertiary/aromatic N) is 2. The molecule has 1 saturated heterocycles. The first-order valence-electron chi connectivity index (χ1n) is 9.23. The smallest absolute Gasteiger partial charge is 0.254 e. The Morgan fingerprint density at radius 3 is 2.32 bits per heavy atom. The van der Waals surface area contributed by atoms with Crippen LogP contribution in [0, 0.1) is 5.82 Å². The molecule has 2 aromatic rings. The molecule has 1 N–H and O–H groups in total. The van der Waals surface area contributed by atoms with Crippen LogP contribution in [0.25, 0.3) is 0 Å². The van der Waals surface area contributed by atoms with E-state index in [4.69, 9.17) is 0 Å². The number of carbonyl (C=O) groups excluding carboxylic acids is 1. The molecule has 28 heavy (non-hydrogen) atoms. The lowest BCUT2D eigenvalue weighted by Crippen LogP contribution is -2.48. The molecule has 150 valence electrons. The first-order chi connectivity index (χ1) is 13.5. The number of benzene rings is 2. The first-order valence-corrected chi connectivity index (χ1v) is 10.8. The Labute approximate surface area is 165 Å². The van der Waals surface area contributed by atoms with Gasteiger partial charge in [0.05, 0.1) is 5.75 Å². The highest BCUT2D eigenvalue weighted by molar-refractivity contribution is 7.89. The summed E-state index contributed by atoms with van der Waals surface area (Å²) in [6.45, 7) is 2.41. The maximum Gasteiger partial charge on any atom is 0.254 e. The van der Waals surface area contributed by atoms with Gasteiger partial charge in [-0.1, -0.05) is 30.3 Å². The van der Waals surface area contributed by atoms with Crippen molar-refractivity contribution in [3.05, 3.63) is 71.5 Å². The van der Waals surface area contributed by atoms with Crippen molar-refractivity contribution in [3.63, 3.8) is 0 Å². The van der Waals surface area contributed by atoms with E-state index in [1.165, 1.54) is 21.3 Å². The Kier molecular flexibility index (Phi) is 6.77. The third kappa shape index (κ3) is 5.37. The van der Waals surface area contributed by atoms with Gasteiger partial charge in [-0.3, -0.25) is 4.79 Å². The van der Waals surface area contributed by atoms with Crippen molar-refractivity contribution in [2.75, 3.05) is 38.5 Å². The van der Waals surface area contributed by atoms with Gasteiger partial charge >= 0.3 is 0 Å². The quantitative estimate of drug-likeness (QED) is 0.761. The molecular formula is C20H24FN3O3S. The molecule has 1 aliphatic rings. The van der Waals surface area contributed by atoms with E-state index in [9.17, 15) is 17.6 Å². The van der Waals surface area contributed by atoms with Crippen LogP contribution in [0.2, 0.25) is 0 Å². The Morgan fingerprint density at radius 1 is 1.04 bits per heavy atom. The highest BCUT2D eigenvalue weighted by atomic mass is 32.2. The van der Waals surface area contributed by atoms with E-state index < -0.39 is 10.0 Å². The fourth-order valence-electron chi connectivity index (χ4n) is 3.10. The minimum absolute atomic E-state index is 0.0668. The Balaban J connectivity index is 1.75. The number of piperazine rings is 1. The van der Waals surface area contributed by atoms with Crippen LogP contribution in [0.1, 0.15) is 15.9 Å². The van der Waals surface area contributed by atoms with E-state index in [0.29, 0.717) is 31.7 Å². The molecule has 1 aliphatic heterocycles. The van der Waals surface area contributed by atoms with E-state index in [-0.39, 0.29) is 30.6 Å². The fraction of sp³-hybridized carbons (Fsp3) is 0.350. The summed E-state index contributed by atoms with van der Waals surface area (Å²) in [4.78, 5) is 14.4. The molecule has 0 spiro atoms. The molecule has 1 heterocycles. The third-order valence-electron chi connectivity index (χ3n) is 4.68. The van der Waals surface area contributed by atoms with Gasteiger partial charge in [-0.25, -0.2) is 12.8 Å². The highest BCUT2D eigenvalue weighted by Gasteiger charge is 2.26. The Bertz CT molecular complexity index is 883. The number of rotatable bonds is 7. The highest BCUT2D eigenvalue weighted by Crippen LogP contribution is 2.13. The molecule has 3 rings (SSSR count). The van der Waals surface area contributed by atoms with Crippen molar-refractivity contribution in [2.45, 2.75) is 6.54 Å². The Hall–Kier alpha value is -2.29. The zero-order valence-corrected chi connectivity index (χ0v) is 16.4. The monoisotopic (exact) mass is 405 g/mol. The molecule has 0 saturated carbocycles. The molecule has 8 heteroatoms. The summed E-state index contributed by atoms with van der Waals surface area (Å²) in [5.41, 5.74) is 1.23. The molecule has 0 unspecified atom stereocenters. The van der Waals surface area contributed by atoms with E-state index in [1.807, 2.05) is 6.07 Å². The normalized spacial score (nSPS) is 15.3. The summed E-state index contributed by atoms with van der Waals surface area (Å²) >= 11 is 0. The maximum atomic E-state index is 13.2. The summed E-state index contributed by atoms with van der Waals surface area (Å²) in [5.74, 6) is -0.751. The van der Waals surface area contributed by atoms with Crippen molar-refractivity contribution in [3.8, 4) is 0 Å². The number of halogens is 1. The molecule has 0 aromatic heterocycles. The van der Waals surface area contributed by atoms with Gasteiger partial charge in [0.1, 0.15) is 5.82 Å². The van der Waals surface area contributed by atoms with Gasteiger partial charge in [0.15, 0.2) is 0 Å². The van der Waals surface area contributed by atoms with E-state index in [0.717, 1.165) is 5.56 Å². The van der Waals surface area contributed by atoms with Crippen molar-refractivity contribution in [1.29, 1.82) is 0 Å². The number of hydrogen-bond acceptors (Lipinski definition) is 4. The summed E-state index contributed by atoms with van der Waals surface area (Å²) in [7, 11) is -3.45. The van der Waals surface area contributed by atoms with E-state index in [2.05, 4.69) is 5.32 Å². The van der Waals surface area contributed by atoms with Gasteiger partial charge in [0, 0.05) is 44.8 Å². The number of sulfonamides is 1. The standard InChI is InChI=1S/C20H24FN3O3S/c21-19-8-6-17(7-9-19)16-23(20(25)18-4-2-1-3-5-18)14-15-28(26,27)24-12-10-22-11-13-24/h1-9,22H,10-16H2. The van der Waals surface area contributed by atoms with Crippen LogP contribution in [0.3, 0.4) is 0 Å². The van der Waals surface area contributed by atoms with Gasteiger partial charge in [-0.05, 0) is 29.8 Å². The molecule has 6 nitrogen and oxygen atoms in total. The zero-order valence-electron chi connectivity index (χ0n) is 15.6. The zero-order chi connectivity index (χ0) is 20.0. The van der Waals surface area contributed by atoms with Gasteiger partial charge in [-0.15, -0.1) is 0 Å². The average Bonchev–Trinajstić information content (AvgIpc) is 2.73. The van der Waals surface area contributed by atoms with E-state index >= 15 is 0 Å². The molecule has 0 bridgehead atoms. The number of carbonyl (C=O) groups is 1. The number of hydrogen-bond donors (Lipinski definition) is 1. The lowest BCUT2D eigenvalue weighted by molar-refractivity contribution is 0.0753. The molecule has 1 fully saturated rings. The van der Waals surface area contributed by atoms with Crippen LogP contribution in [0.15, 0.2) is 54.6 Å². The minimum Gasteiger partial charge on any atom is -0.333 e. The second-order valence-corrected chi connectivity index (χ2v) is 8.77. The lowest BCUT2D eigenvalue weighted by atomic mass is 10.1. The third-order valence-corrected chi connectivity index (χ3v) is 6.53. The van der Waals surface area contributed by atoms with Gasteiger partial charge < -0.3 is 10.2 Å². The average molecular weight is 405 g/mol. The van der Waals surface area contributed by atoms with Crippen molar-refractivity contribution >= 4 is 15.9 Å². The van der Waals surface area contributed by atoms with Gasteiger partial charge in [-0.2, -0.15) is 4.31 Å². The van der Waals surface area contributed by atoms with Crippen molar-refractivity contribution in [1.82, 2.24) is 14.5 Å². The number of amides is 1. The van der Waals surface area contributed by atoms with Gasteiger partial charge in [0.25, 0.3) is 5.91 Å². The first kappa shape index (κ1) is 20.4. The molecule has 0 aliphatic carbocycles. The summed E-state index contributed by atoms with van der Waals surface area (Å²) in [5, 5.41) is 3.13. The van der Waals surface area contributed by atoms with Crippen molar-refractivity contribution < 1.29 is 17.6 Å². The lowest BCUT2D eigenvalue weighted by Gasteiger charge is -2.28. The van der Waals surface area contributed by atoms with Crippen LogP contribution in [0.4, 0.5) is 4.39 Å². The Morgan fingerprint density at radius 2 is 1.68 bits per heavy atom. The molecular weight excluding hydrogens is 381 g/mol. The minimum atomic E-state index is -3.45. The van der Waals surface area contributed by atoms with Crippen LogP contribution in [-0.4, -0.2) is 62.0 Å². The molecule has 0 radical (unpaired) electrons. The predicted octanol–water partition coefficient (Wildman–Crippen LogP) is 1.70. The summed E-state index contributed by atoms with van der Waals surface area (Å²) < 4.78 is 40.0. The number of nitrogens with one attached hydrogen (secondary N) is 1. The van der Waals surface area contributed by atoms with E-state index in [1.54, 1.807) is 36.4 Å². The SMILES string of the molecule is O=C(c1ccccc1)N(CCS(=O)(=O)N1CCNCC1)Cc1ccc(F)cc1. The fourth-order valence-corrected chi connectivity index (χ4v) is 4.55. The second-order valence-electron chi connectivity index (χ2n) is 6.68. The predicted molar refractivity (Wildman–Crippen MR) is 106 cm³/mol. The largest absolute Gasteiger partial charge is 0.333 e. The van der Waals surface area contributed by atoms with Gasteiger partial charge in [0.2, 0.25) is 10.0 Å².